The standard InChI is InChI=1S/C11H12N2S.ClH/c12-11-13-10(8-14-11)7-6-9-4-2-1-3-5-9;/h1-5,8H,6-7H2,(H2,12,13);1H. The van der Waals surface area contributed by atoms with Crippen LogP contribution >= 0.6 is 11.3 Å². The third-order valence-corrected chi connectivity index (χ3v) is 2.80. The molecule has 2 aromatic rings. The van der Waals surface area contributed by atoms with Crippen LogP contribution in [0, 0.1) is 0 Å². The molecule has 2 nitrogen and oxygen atoms in total. The lowest BCUT2D eigenvalue weighted by Crippen LogP contribution is -3.00. The molecule has 1 aromatic carbocycles. The van der Waals surface area contributed by atoms with E-state index in [2.05, 4.69) is 29.2 Å². The predicted molar refractivity (Wildman–Crippen MR) is 61.5 cm³/mol. The van der Waals surface area contributed by atoms with E-state index in [1.54, 1.807) is 0 Å². The minimum Gasteiger partial charge on any atom is -1.00 e. The monoisotopic (exact) mass is 240 g/mol. The van der Waals surface area contributed by atoms with Crippen molar-refractivity contribution in [1.29, 1.82) is 0 Å². The first-order chi connectivity index (χ1) is 6.84. The number of nitrogens with zero attached hydrogens (tertiary/aromatic N) is 1. The number of hydrogen-bond acceptors (Lipinski definition) is 3. The van der Waals surface area contributed by atoms with Gasteiger partial charge < -0.3 is 18.1 Å². The van der Waals surface area contributed by atoms with E-state index in [9.17, 15) is 0 Å². The lowest BCUT2D eigenvalue weighted by atomic mass is 10.1. The highest BCUT2D eigenvalue weighted by Crippen LogP contribution is 2.13. The topological polar surface area (TPSA) is 38.9 Å². The molecule has 0 amide bonds. The number of hydrogen-bond donors (Lipinski definition) is 1. The smallest absolute Gasteiger partial charge is 1.00 e. The summed E-state index contributed by atoms with van der Waals surface area (Å²) in [4.78, 5) is 4.22. The SMILES string of the molecule is Nc1nc(CCc2ccccc2)cs1.[Cl-].[H+]. The van der Waals surface area contributed by atoms with E-state index in [-0.39, 0.29) is 13.8 Å². The van der Waals surface area contributed by atoms with Crippen molar-refractivity contribution in [2.75, 3.05) is 5.73 Å². The number of benzene rings is 1. The molecule has 0 fully saturated rings. The van der Waals surface area contributed by atoms with Crippen LogP contribution in [0.25, 0.3) is 0 Å². The van der Waals surface area contributed by atoms with E-state index in [4.69, 9.17) is 5.73 Å². The summed E-state index contributed by atoms with van der Waals surface area (Å²) >= 11 is 1.51. The Morgan fingerprint density at radius 3 is 2.53 bits per heavy atom. The molecular formula is C11H13ClN2S. The van der Waals surface area contributed by atoms with E-state index in [1.165, 1.54) is 16.9 Å². The third-order valence-electron chi connectivity index (χ3n) is 2.08. The average molecular weight is 241 g/mol. The Hall–Kier alpha value is -1.06. The number of anilines is 1. The number of nitrogens with two attached hydrogens (primary N) is 1. The lowest BCUT2D eigenvalue weighted by Gasteiger charge is -1.97. The number of aryl methyl sites for hydroxylation is 2. The second kappa shape index (κ2) is 5.73. The van der Waals surface area contributed by atoms with Gasteiger partial charge in [-0.3, -0.25) is 0 Å². The molecular weight excluding hydrogens is 228 g/mol. The fourth-order valence-electron chi connectivity index (χ4n) is 1.35. The minimum atomic E-state index is 0. The number of halogens is 1. The maximum atomic E-state index is 5.55. The molecule has 2 rings (SSSR count). The van der Waals surface area contributed by atoms with E-state index in [1.807, 2.05) is 11.4 Å². The summed E-state index contributed by atoms with van der Waals surface area (Å²) in [5.74, 6) is 0. The zero-order chi connectivity index (χ0) is 9.80. The molecule has 1 heterocycles. The normalized spacial score (nSPS) is 9.60. The molecule has 1 aromatic heterocycles. The fourth-order valence-corrected chi connectivity index (χ4v) is 1.95. The van der Waals surface area contributed by atoms with Crippen LogP contribution in [0.15, 0.2) is 35.7 Å². The second-order valence-corrected chi connectivity index (χ2v) is 4.05. The van der Waals surface area contributed by atoms with Crippen LogP contribution in [-0.4, -0.2) is 4.98 Å². The van der Waals surface area contributed by atoms with Crippen LogP contribution in [0.4, 0.5) is 5.13 Å². The van der Waals surface area contributed by atoms with Gasteiger partial charge in [-0.15, -0.1) is 11.3 Å². The van der Waals surface area contributed by atoms with Gasteiger partial charge in [-0.25, -0.2) is 4.98 Å². The molecule has 0 radical (unpaired) electrons. The van der Waals surface area contributed by atoms with Crippen molar-refractivity contribution < 1.29 is 13.8 Å². The molecule has 4 heteroatoms. The van der Waals surface area contributed by atoms with Gasteiger partial charge in [0, 0.05) is 5.38 Å². The minimum absolute atomic E-state index is 0. The van der Waals surface area contributed by atoms with Crippen LogP contribution in [0.1, 0.15) is 12.7 Å². The molecule has 0 spiro atoms. The van der Waals surface area contributed by atoms with Crippen LogP contribution in [0.5, 0.6) is 0 Å². The van der Waals surface area contributed by atoms with Gasteiger partial charge in [-0.1, -0.05) is 30.3 Å². The molecule has 0 bridgehead atoms. The van der Waals surface area contributed by atoms with Gasteiger partial charge in [-0.05, 0) is 18.4 Å². The van der Waals surface area contributed by atoms with Gasteiger partial charge in [0.25, 0.3) is 0 Å². The van der Waals surface area contributed by atoms with Crippen LogP contribution in [0.3, 0.4) is 0 Å². The van der Waals surface area contributed by atoms with Gasteiger partial charge in [0.15, 0.2) is 5.13 Å². The Balaban J connectivity index is 0.00000112. The molecule has 15 heavy (non-hydrogen) atoms. The molecule has 0 atom stereocenters. The number of nitrogen functional groups attached to an aromatic ring is 1. The summed E-state index contributed by atoms with van der Waals surface area (Å²) in [5.41, 5.74) is 8.00. The van der Waals surface area contributed by atoms with Crippen LogP contribution in [-0.2, 0) is 12.8 Å². The Kier molecular flexibility index (Phi) is 4.59. The first-order valence-electron chi connectivity index (χ1n) is 4.58. The van der Waals surface area contributed by atoms with Crippen LogP contribution < -0.4 is 18.1 Å². The van der Waals surface area contributed by atoms with Crippen molar-refractivity contribution in [3.05, 3.63) is 47.0 Å². The molecule has 0 aliphatic carbocycles. The van der Waals surface area contributed by atoms with Crippen molar-refractivity contribution >= 4 is 16.5 Å². The summed E-state index contributed by atoms with van der Waals surface area (Å²) in [5, 5.41) is 2.69. The first kappa shape index (κ1) is 12.0. The van der Waals surface area contributed by atoms with Crippen molar-refractivity contribution in [1.82, 2.24) is 4.98 Å². The van der Waals surface area contributed by atoms with Crippen molar-refractivity contribution in [2.24, 2.45) is 0 Å². The molecule has 0 saturated heterocycles. The maximum absolute atomic E-state index is 5.55. The summed E-state index contributed by atoms with van der Waals surface area (Å²) in [7, 11) is 0. The van der Waals surface area contributed by atoms with E-state index in [0.717, 1.165) is 18.5 Å². The molecule has 0 unspecified atom stereocenters. The van der Waals surface area contributed by atoms with E-state index < -0.39 is 0 Å². The van der Waals surface area contributed by atoms with Gasteiger partial charge in [0.2, 0.25) is 0 Å². The summed E-state index contributed by atoms with van der Waals surface area (Å²) < 4.78 is 0. The quantitative estimate of drug-likeness (QED) is 0.795. The van der Waals surface area contributed by atoms with E-state index >= 15 is 0 Å². The fraction of sp³-hybridized carbons (Fsp3) is 0.182. The van der Waals surface area contributed by atoms with Gasteiger partial charge in [0.05, 0.1) is 5.69 Å². The third kappa shape index (κ3) is 3.53. The van der Waals surface area contributed by atoms with Crippen molar-refractivity contribution in [2.45, 2.75) is 12.8 Å². The first-order valence-corrected chi connectivity index (χ1v) is 5.46. The van der Waals surface area contributed by atoms with Crippen molar-refractivity contribution in [3.63, 3.8) is 0 Å². The molecule has 2 N–H and O–H groups in total. The highest BCUT2D eigenvalue weighted by atomic mass is 35.5. The zero-order valence-corrected chi connectivity index (χ0v) is 9.76. The number of rotatable bonds is 3. The maximum Gasteiger partial charge on any atom is 1.00 e. The Morgan fingerprint density at radius 1 is 1.20 bits per heavy atom. The summed E-state index contributed by atoms with van der Waals surface area (Å²) in [6.45, 7) is 0. The molecule has 0 aliphatic rings. The Labute approximate surface area is 101 Å². The number of thiazole rings is 1. The summed E-state index contributed by atoms with van der Waals surface area (Å²) in [6, 6.07) is 10.4. The Bertz CT molecular complexity index is 405. The van der Waals surface area contributed by atoms with Crippen LogP contribution in [0.2, 0.25) is 0 Å². The highest BCUT2D eigenvalue weighted by molar-refractivity contribution is 7.13. The largest absolute Gasteiger partial charge is 1.00 e. The lowest BCUT2D eigenvalue weighted by molar-refractivity contribution is -0.00000290. The van der Waals surface area contributed by atoms with Gasteiger partial charge in [-0.2, -0.15) is 0 Å². The Morgan fingerprint density at radius 2 is 1.93 bits per heavy atom. The highest BCUT2D eigenvalue weighted by Gasteiger charge is 1.99. The number of aromatic nitrogens is 1. The molecule has 0 saturated carbocycles. The summed E-state index contributed by atoms with van der Waals surface area (Å²) in [6.07, 6.45) is 2.00. The van der Waals surface area contributed by atoms with Crippen molar-refractivity contribution in [3.8, 4) is 0 Å². The predicted octanol–water partition coefficient (Wildman–Crippen LogP) is -0.373. The molecule has 80 valence electrons. The van der Waals surface area contributed by atoms with Gasteiger partial charge in [0.1, 0.15) is 0 Å². The average Bonchev–Trinajstić information content (AvgIpc) is 2.63. The second-order valence-electron chi connectivity index (χ2n) is 3.16. The van der Waals surface area contributed by atoms with E-state index in [0.29, 0.717) is 5.13 Å². The molecule has 0 aliphatic heterocycles. The zero-order valence-electron chi connectivity index (χ0n) is 9.19. The van der Waals surface area contributed by atoms with Gasteiger partial charge >= 0.3 is 1.43 Å².